The molecule has 76 valence electrons. The summed E-state index contributed by atoms with van der Waals surface area (Å²) in [7, 11) is 0. The second-order valence-corrected chi connectivity index (χ2v) is 1.93. The maximum Gasteiger partial charge on any atom is 1.00 e. The van der Waals surface area contributed by atoms with E-state index in [2.05, 4.69) is 0 Å². The van der Waals surface area contributed by atoms with Crippen LogP contribution in [0.2, 0.25) is 0 Å². The standard InChI is InChI=1S/C5H9NO4.HNO2.2Na/c6-3(5(9)10)1-2-4(7)8;2-1-3;;/h3H,1-2,6H2,(H,7,8)(H,9,10);(H,2,3);;/q;;2*+1/p-2/t3-;;;/m0.../s1. The average Bonchev–Trinajstić information content (AvgIpc) is 2.01. The molecule has 0 bridgehead atoms. The second kappa shape index (κ2) is 16.7. The summed E-state index contributed by atoms with van der Waals surface area (Å²) in [5.74, 6) is -2.47. The maximum absolute atomic E-state index is 9.88. The Balaban J connectivity index is -0.000000108. The van der Waals surface area contributed by atoms with Crippen molar-refractivity contribution in [1.29, 1.82) is 0 Å². The number of nitrogens with zero attached hydrogens (tertiary/aromatic N) is 1. The number of carbonyl (C=O) groups excluding carboxylic acids is 1. The van der Waals surface area contributed by atoms with Crippen LogP contribution < -0.4 is 70.0 Å². The summed E-state index contributed by atoms with van der Waals surface area (Å²) < 4.78 is 0. The monoisotopic (exact) mass is 238 g/mol. The third-order valence-electron chi connectivity index (χ3n) is 0.972. The number of hydrogen-bond donors (Lipinski definition) is 2. The topological polar surface area (TPSA) is 156 Å². The van der Waals surface area contributed by atoms with Gasteiger partial charge in [-0.2, -0.15) is 0 Å². The zero-order valence-corrected chi connectivity index (χ0v) is 12.5. The van der Waals surface area contributed by atoms with Crippen LogP contribution in [0.5, 0.6) is 0 Å². The first-order chi connectivity index (χ1) is 5.95. The predicted molar refractivity (Wildman–Crippen MR) is 39.0 cm³/mol. The molecule has 0 aliphatic rings. The number of carboxylic acids is 2. The van der Waals surface area contributed by atoms with E-state index in [1.54, 1.807) is 0 Å². The molecule has 3 N–H and O–H groups in total. The Morgan fingerprint density at radius 2 is 1.73 bits per heavy atom. The van der Waals surface area contributed by atoms with Gasteiger partial charge in [0.05, 0.1) is 5.97 Å². The molecule has 0 amide bonds. The van der Waals surface area contributed by atoms with Crippen molar-refractivity contribution in [3.63, 3.8) is 0 Å². The van der Waals surface area contributed by atoms with Gasteiger partial charge in [0.2, 0.25) is 0 Å². The molecule has 0 rings (SSSR count). The van der Waals surface area contributed by atoms with E-state index in [-0.39, 0.29) is 72.0 Å². The molecule has 0 aromatic heterocycles. The van der Waals surface area contributed by atoms with Crippen molar-refractivity contribution in [3.05, 3.63) is 10.1 Å². The third kappa shape index (κ3) is 25.0. The van der Waals surface area contributed by atoms with Gasteiger partial charge in [0.25, 0.3) is 0 Å². The van der Waals surface area contributed by atoms with Gasteiger partial charge >= 0.3 is 65.1 Å². The Morgan fingerprint density at radius 3 is 1.93 bits per heavy atom. The predicted octanol–water partition coefficient (Wildman–Crippen LogP) is -7.81. The fourth-order valence-electron chi connectivity index (χ4n) is 0.397. The SMILES string of the molecule is N[C@@H](CCC(=O)O)C(=O)[O-].O=N[O-].[Na+].[Na+]. The van der Waals surface area contributed by atoms with Crippen LogP contribution in [-0.2, 0) is 9.59 Å². The molecule has 0 fully saturated rings. The van der Waals surface area contributed by atoms with Crippen LogP contribution in [0.1, 0.15) is 12.8 Å². The summed E-state index contributed by atoms with van der Waals surface area (Å²) in [5.41, 5.74) is 4.94. The third-order valence-corrected chi connectivity index (χ3v) is 0.972. The number of hydrogen-bond acceptors (Lipinski definition) is 7. The van der Waals surface area contributed by atoms with Crippen molar-refractivity contribution in [2.75, 3.05) is 0 Å². The summed E-state index contributed by atoms with van der Waals surface area (Å²) in [6, 6.07) is -1.17. The number of nitrogens with two attached hydrogens (primary N) is 1. The smallest absolute Gasteiger partial charge is 0.548 e. The normalized spacial score (nSPS) is 9.13. The number of rotatable bonds is 4. The van der Waals surface area contributed by atoms with E-state index < -0.39 is 18.0 Å². The van der Waals surface area contributed by atoms with Crippen LogP contribution in [-0.4, -0.2) is 23.1 Å². The molecule has 0 heterocycles. The number of aliphatic carboxylic acids is 2. The minimum Gasteiger partial charge on any atom is -0.548 e. The van der Waals surface area contributed by atoms with Gasteiger partial charge in [-0.05, 0) is 6.42 Å². The van der Waals surface area contributed by atoms with Crippen LogP contribution >= 0.6 is 0 Å². The van der Waals surface area contributed by atoms with Crippen molar-refractivity contribution >= 4 is 11.9 Å². The van der Waals surface area contributed by atoms with Crippen LogP contribution in [0.25, 0.3) is 0 Å². The molecule has 0 saturated heterocycles. The maximum atomic E-state index is 9.88. The summed E-state index contributed by atoms with van der Waals surface area (Å²) in [6.45, 7) is 0. The first kappa shape index (κ1) is 24.5. The molecule has 0 unspecified atom stereocenters. The van der Waals surface area contributed by atoms with E-state index in [1.807, 2.05) is 0 Å². The van der Waals surface area contributed by atoms with Crippen LogP contribution in [0.4, 0.5) is 0 Å². The summed E-state index contributed by atoms with van der Waals surface area (Å²) in [6.07, 6.45) is -0.327. The molecule has 15 heavy (non-hydrogen) atoms. The van der Waals surface area contributed by atoms with Gasteiger partial charge < -0.3 is 30.9 Å². The zero-order valence-electron chi connectivity index (χ0n) is 8.50. The summed E-state index contributed by atoms with van der Waals surface area (Å²) >= 11 is 0. The van der Waals surface area contributed by atoms with E-state index in [0.717, 1.165) is 5.34 Å². The van der Waals surface area contributed by atoms with Crippen molar-refractivity contribution in [3.8, 4) is 0 Å². The van der Waals surface area contributed by atoms with Gasteiger partial charge in [-0.3, -0.25) is 4.79 Å². The molecular weight excluding hydrogens is 230 g/mol. The van der Waals surface area contributed by atoms with E-state index in [1.165, 1.54) is 0 Å². The number of carbonyl (C=O) groups is 2. The molecule has 0 spiro atoms. The molecule has 8 nitrogen and oxygen atoms in total. The Bertz CT molecular complexity index is 190. The second-order valence-electron chi connectivity index (χ2n) is 1.93. The minimum atomic E-state index is -1.42. The van der Waals surface area contributed by atoms with Gasteiger partial charge in [0.15, 0.2) is 0 Å². The fourth-order valence-corrected chi connectivity index (χ4v) is 0.397. The van der Waals surface area contributed by atoms with E-state index in [0.29, 0.717) is 0 Å². The summed E-state index contributed by atoms with van der Waals surface area (Å²) in [4.78, 5) is 27.7. The van der Waals surface area contributed by atoms with Gasteiger partial charge in [0.1, 0.15) is 0 Å². The molecule has 0 radical (unpaired) electrons. The van der Waals surface area contributed by atoms with Crippen molar-refractivity contribution in [2.45, 2.75) is 18.9 Å². The minimum absolute atomic E-state index is 0. The van der Waals surface area contributed by atoms with Crippen molar-refractivity contribution < 1.29 is 78.9 Å². The van der Waals surface area contributed by atoms with Crippen molar-refractivity contribution in [2.24, 2.45) is 11.1 Å². The Morgan fingerprint density at radius 1 is 1.40 bits per heavy atom. The fraction of sp³-hybridized carbons (Fsp3) is 0.600. The van der Waals surface area contributed by atoms with Crippen LogP contribution in [0, 0.1) is 10.1 Å². The quantitative estimate of drug-likeness (QED) is 0.279. The van der Waals surface area contributed by atoms with Crippen LogP contribution in [0.3, 0.4) is 0 Å². The molecular formula is C5H8N2Na2O6. The molecule has 0 saturated carbocycles. The molecule has 0 aliphatic heterocycles. The van der Waals surface area contributed by atoms with Gasteiger partial charge in [-0.15, -0.1) is 5.34 Å². The number of carboxylic acid groups (broad SMARTS) is 2. The largest absolute Gasteiger partial charge is 1.00 e. The summed E-state index contributed by atoms with van der Waals surface area (Å²) in [5, 5.41) is 27.0. The first-order valence-corrected chi connectivity index (χ1v) is 3.08. The first-order valence-electron chi connectivity index (χ1n) is 3.08. The Hall–Kier alpha value is 0.300. The van der Waals surface area contributed by atoms with Gasteiger partial charge in [-0.25, -0.2) is 0 Å². The van der Waals surface area contributed by atoms with E-state index >= 15 is 0 Å². The van der Waals surface area contributed by atoms with Gasteiger partial charge in [0, 0.05) is 12.5 Å². The van der Waals surface area contributed by atoms with Crippen LogP contribution in [0.15, 0.2) is 5.34 Å². The average molecular weight is 238 g/mol. The van der Waals surface area contributed by atoms with Crippen molar-refractivity contribution in [1.82, 2.24) is 0 Å². The molecule has 10 heteroatoms. The molecule has 1 atom stereocenters. The Kier molecular flexibility index (Phi) is 27.3. The molecule has 0 aliphatic carbocycles. The zero-order chi connectivity index (χ0) is 10.9. The Labute approximate surface area is 130 Å². The van der Waals surface area contributed by atoms with E-state index in [9.17, 15) is 14.7 Å². The molecule has 0 aromatic rings. The molecule has 0 aromatic carbocycles. The van der Waals surface area contributed by atoms with E-state index in [4.69, 9.17) is 21.0 Å². The van der Waals surface area contributed by atoms with Gasteiger partial charge in [-0.1, -0.05) is 0 Å².